The molecule has 5 nitrogen and oxygen atoms in total. The van der Waals surface area contributed by atoms with E-state index in [-0.39, 0.29) is 0 Å². The van der Waals surface area contributed by atoms with Crippen LogP contribution in [0.5, 0.6) is 0 Å². The zero-order valence-corrected chi connectivity index (χ0v) is 14.4. The van der Waals surface area contributed by atoms with Crippen LogP contribution in [0.25, 0.3) is 10.9 Å². The van der Waals surface area contributed by atoms with Gasteiger partial charge >= 0.3 is 0 Å². The van der Waals surface area contributed by atoms with Crippen LogP contribution < -0.4 is 4.90 Å². The molecule has 0 atom stereocenters. The van der Waals surface area contributed by atoms with E-state index in [1.807, 2.05) is 32.0 Å². The smallest absolute Gasteiger partial charge is 0.146 e. The summed E-state index contributed by atoms with van der Waals surface area (Å²) in [6.45, 7) is 8.00. The average molecular weight is 335 g/mol. The van der Waals surface area contributed by atoms with Crippen molar-refractivity contribution in [1.82, 2.24) is 14.9 Å². The quantitative estimate of drug-likeness (QED) is 0.869. The van der Waals surface area contributed by atoms with Gasteiger partial charge in [-0.15, -0.1) is 11.6 Å². The Labute approximate surface area is 141 Å². The number of rotatable bonds is 4. The second-order valence-corrected chi connectivity index (χ2v) is 6.96. The van der Waals surface area contributed by atoms with Crippen molar-refractivity contribution in [2.75, 3.05) is 37.6 Å². The molecule has 1 saturated heterocycles. The van der Waals surface area contributed by atoms with Gasteiger partial charge in [-0.3, -0.25) is 4.90 Å². The first-order valence-electron chi connectivity index (χ1n) is 7.97. The molecule has 1 aliphatic heterocycles. The number of alkyl halides is 1. The summed E-state index contributed by atoms with van der Waals surface area (Å²) in [7, 11) is 0. The highest BCUT2D eigenvalue weighted by atomic mass is 35.5. The summed E-state index contributed by atoms with van der Waals surface area (Å²) < 4.78 is 0. The van der Waals surface area contributed by atoms with Gasteiger partial charge in [-0.05, 0) is 26.0 Å². The maximum Gasteiger partial charge on any atom is 0.146 e. The first-order valence-corrected chi connectivity index (χ1v) is 8.51. The number of anilines is 1. The number of halogens is 1. The Balaban J connectivity index is 1.82. The molecule has 0 radical (unpaired) electrons. The molecule has 0 saturated carbocycles. The number of benzene rings is 1. The van der Waals surface area contributed by atoms with E-state index in [4.69, 9.17) is 11.6 Å². The third-order valence-corrected chi connectivity index (χ3v) is 4.27. The van der Waals surface area contributed by atoms with Crippen molar-refractivity contribution in [2.45, 2.75) is 25.3 Å². The number of hydrogen-bond acceptors (Lipinski definition) is 5. The minimum Gasteiger partial charge on any atom is -0.389 e. The van der Waals surface area contributed by atoms with Gasteiger partial charge in [-0.1, -0.05) is 12.1 Å². The third kappa shape index (κ3) is 3.91. The molecule has 6 heteroatoms. The zero-order valence-electron chi connectivity index (χ0n) is 13.7. The fraction of sp³-hybridized carbons (Fsp3) is 0.529. The molecule has 0 bridgehead atoms. The van der Waals surface area contributed by atoms with Crippen LogP contribution in [0.3, 0.4) is 0 Å². The highest BCUT2D eigenvalue weighted by molar-refractivity contribution is 6.16. The van der Waals surface area contributed by atoms with Gasteiger partial charge in [-0.25, -0.2) is 9.97 Å². The van der Waals surface area contributed by atoms with Gasteiger partial charge in [0.05, 0.1) is 17.0 Å². The van der Waals surface area contributed by atoms with Crippen molar-refractivity contribution < 1.29 is 5.11 Å². The minimum absolute atomic E-state index is 0.316. The molecule has 0 aliphatic carbocycles. The van der Waals surface area contributed by atoms with Gasteiger partial charge in [0.2, 0.25) is 0 Å². The van der Waals surface area contributed by atoms with Gasteiger partial charge in [0, 0.05) is 38.1 Å². The second-order valence-electron chi connectivity index (χ2n) is 6.69. The second kappa shape index (κ2) is 6.59. The molecule has 1 aliphatic rings. The van der Waals surface area contributed by atoms with Gasteiger partial charge < -0.3 is 10.0 Å². The maximum atomic E-state index is 9.97. The lowest BCUT2D eigenvalue weighted by molar-refractivity contribution is 0.0345. The molecule has 1 aromatic carbocycles. The molecule has 2 heterocycles. The first kappa shape index (κ1) is 16.4. The van der Waals surface area contributed by atoms with Crippen LogP contribution in [0.15, 0.2) is 24.3 Å². The molecular weight excluding hydrogens is 312 g/mol. The van der Waals surface area contributed by atoms with Crippen molar-refractivity contribution in [2.24, 2.45) is 0 Å². The summed E-state index contributed by atoms with van der Waals surface area (Å²) in [5, 5.41) is 11.0. The lowest BCUT2D eigenvalue weighted by Crippen LogP contribution is -2.50. The molecule has 124 valence electrons. The predicted octanol–water partition coefficient (Wildman–Crippen LogP) is 2.26. The number of nitrogens with zero attached hydrogens (tertiary/aromatic N) is 4. The third-order valence-electron chi connectivity index (χ3n) is 4.03. The van der Waals surface area contributed by atoms with E-state index in [1.54, 1.807) is 0 Å². The monoisotopic (exact) mass is 334 g/mol. The topological polar surface area (TPSA) is 52.5 Å². The largest absolute Gasteiger partial charge is 0.389 e. The van der Waals surface area contributed by atoms with Crippen molar-refractivity contribution >= 4 is 28.3 Å². The fourth-order valence-corrected chi connectivity index (χ4v) is 3.19. The zero-order chi connectivity index (χ0) is 16.4. The molecule has 0 unspecified atom stereocenters. The lowest BCUT2D eigenvalue weighted by Gasteiger charge is -2.38. The van der Waals surface area contributed by atoms with E-state index in [1.165, 1.54) is 0 Å². The number of aliphatic hydroxyl groups is 1. The number of aromatic nitrogens is 2. The molecule has 1 N–H and O–H groups in total. The molecule has 1 fully saturated rings. The Kier molecular flexibility index (Phi) is 4.71. The van der Waals surface area contributed by atoms with E-state index in [2.05, 4.69) is 25.8 Å². The highest BCUT2D eigenvalue weighted by Gasteiger charge is 2.24. The van der Waals surface area contributed by atoms with Gasteiger partial charge in [0.15, 0.2) is 0 Å². The molecule has 23 heavy (non-hydrogen) atoms. The average Bonchev–Trinajstić information content (AvgIpc) is 2.53. The van der Waals surface area contributed by atoms with Crippen molar-refractivity contribution in [1.29, 1.82) is 0 Å². The summed E-state index contributed by atoms with van der Waals surface area (Å²) in [6.07, 6.45) is 0. The highest BCUT2D eigenvalue weighted by Crippen LogP contribution is 2.25. The van der Waals surface area contributed by atoms with Crippen molar-refractivity contribution in [3.05, 3.63) is 30.1 Å². The summed E-state index contributed by atoms with van der Waals surface area (Å²) >= 11 is 5.95. The summed E-state index contributed by atoms with van der Waals surface area (Å²) in [5.74, 6) is 1.95. The number of hydrogen-bond donors (Lipinski definition) is 1. The standard InChI is InChI=1S/C17H23ClN4O/c1-17(2,23)12-21-7-9-22(10-8-21)16-13-5-3-4-6-14(13)19-15(11-18)20-16/h3-6,23H,7-12H2,1-2H3. The number of fused-ring (bicyclic) bond motifs is 1. The molecule has 3 rings (SSSR count). The maximum absolute atomic E-state index is 9.97. The van der Waals surface area contributed by atoms with E-state index >= 15 is 0 Å². The summed E-state index contributed by atoms with van der Waals surface area (Å²) in [6, 6.07) is 8.06. The van der Waals surface area contributed by atoms with Gasteiger partial charge in [0.25, 0.3) is 0 Å². The van der Waals surface area contributed by atoms with Crippen molar-refractivity contribution in [3.63, 3.8) is 0 Å². The van der Waals surface area contributed by atoms with Crippen LogP contribution in [0, 0.1) is 0 Å². The Bertz CT molecular complexity index is 678. The van der Waals surface area contributed by atoms with Gasteiger partial charge in [0.1, 0.15) is 11.6 Å². The van der Waals surface area contributed by atoms with Crippen LogP contribution in [0.2, 0.25) is 0 Å². The van der Waals surface area contributed by atoms with E-state index < -0.39 is 5.60 Å². The number of piperazine rings is 1. The Morgan fingerprint density at radius 3 is 2.48 bits per heavy atom. The molecule has 1 aromatic heterocycles. The Morgan fingerprint density at radius 2 is 1.83 bits per heavy atom. The molecular formula is C17H23ClN4O. The SMILES string of the molecule is CC(C)(O)CN1CCN(c2nc(CCl)nc3ccccc23)CC1. The van der Waals surface area contributed by atoms with E-state index in [0.717, 1.165) is 42.9 Å². The Hall–Kier alpha value is -1.43. The van der Waals surface area contributed by atoms with Crippen LogP contribution in [0.1, 0.15) is 19.7 Å². The molecule has 0 amide bonds. The fourth-order valence-electron chi connectivity index (χ4n) is 3.07. The Morgan fingerprint density at radius 1 is 1.13 bits per heavy atom. The van der Waals surface area contributed by atoms with Crippen LogP contribution in [-0.2, 0) is 5.88 Å². The number of para-hydroxylation sites is 1. The molecule has 0 spiro atoms. The van der Waals surface area contributed by atoms with Crippen LogP contribution in [0.4, 0.5) is 5.82 Å². The number of β-amino-alcohol motifs (C(OH)–C–C–N with tert-alkyl or cyclic N) is 1. The van der Waals surface area contributed by atoms with E-state index in [9.17, 15) is 5.11 Å². The predicted molar refractivity (Wildman–Crippen MR) is 94.0 cm³/mol. The first-order chi connectivity index (χ1) is 11.0. The summed E-state index contributed by atoms with van der Waals surface area (Å²) in [5.41, 5.74) is 0.280. The lowest BCUT2D eigenvalue weighted by atomic mass is 10.1. The normalized spacial score (nSPS) is 17.0. The molecule has 2 aromatic rings. The summed E-state index contributed by atoms with van der Waals surface area (Å²) in [4.78, 5) is 13.7. The minimum atomic E-state index is -0.657. The van der Waals surface area contributed by atoms with Crippen LogP contribution in [-0.4, -0.2) is 58.3 Å². The van der Waals surface area contributed by atoms with Crippen molar-refractivity contribution in [3.8, 4) is 0 Å². The van der Waals surface area contributed by atoms with E-state index in [0.29, 0.717) is 18.2 Å². The van der Waals surface area contributed by atoms with Crippen LogP contribution >= 0.6 is 11.6 Å². The van der Waals surface area contributed by atoms with Gasteiger partial charge in [-0.2, -0.15) is 0 Å².